The van der Waals surface area contributed by atoms with Crippen molar-refractivity contribution < 1.29 is 23.8 Å². The Kier molecular flexibility index (Phi) is 4.80. The lowest BCUT2D eigenvalue weighted by atomic mass is 9.98. The number of benzene rings is 2. The van der Waals surface area contributed by atoms with Crippen molar-refractivity contribution in [3.05, 3.63) is 89.0 Å². The van der Waals surface area contributed by atoms with E-state index in [1.165, 1.54) is 6.26 Å². The normalized spacial score (nSPS) is 12.3. The topological polar surface area (TPSA) is 88.8 Å². The Bertz CT molecular complexity index is 1230. The summed E-state index contributed by atoms with van der Waals surface area (Å²) >= 11 is 1.11. The van der Waals surface area contributed by atoms with Crippen LogP contribution in [0.1, 0.15) is 27.4 Å². The number of carboxylic acids is 1. The van der Waals surface area contributed by atoms with Gasteiger partial charge in [-0.25, -0.2) is 9.59 Å². The largest absolute Gasteiger partial charge is 0.478 e. The number of rotatable bonds is 5. The van der Waals surface area contributed by atoms with Gasteiger partial charge < -0.3 is 14.3 Å². The van der Waals surface area contributed by atoms with Gasteiger partial charge in [-0.3, -0.25) is 5.32 Å². The van der Waals surface area contributed by atoms with Gasteiger partial charge in [0.05, 0.1) is 6.26 Å². The van der Waals surface area contributed by atoms with E-state index in [1.54, 1.807) is 17.5 Å². The summed E-state index contributed by atoms with van der Waals surface area (Å²) in [6.45, 7) is 0.151. The van der Waals surface area contributed by atoms with Crippen molar-refractivity contribution in [2.24, 2.45) is 0 Å². The Morgan fingerprint density at radius 3 is 2.26 bits per heavy atom. The summed E-state index contributed by atoms with van der Waals surface area (Å²) in [6, 6.07) is 19.5. The zero-order valence-corrected chi connectivity index (χ0v) is 17.0. The molecule has 1 amide bonds. The van der Waals surface area contributed by atoms with Crippen molar-refractivity contribution in [3.63, 3.8) is 0 Å². The predicted molar refractivity (Wildman–Crippen MR) is 118 cm³/mol. The van der Waals surface area contributed by atoms with Gasteiger partial charge in [0, 0.05) is 16.9 Å². The highest BCUT2D eigenvalue weighted by Gasteiger charge is 2.29. The number of amides is 1. The second-order valence-electron chi connectivity index (χ2n) is 7.09. The molecule has 0 aliphatic heterocycles. The molecule has 2 aromatic carbocycles. The number of fused-ring (bicyclic) bond motifs is 3. The van der Waals surface area contributed by atoms with Crippen molar-refractivity contribution in [2.75, 3.05) is 11.9 Å². The Morgan fingerprint density at radius 2 is 1.65 bits per heavy atom. The molecule has 154 valence electrons. The number of hydrogen-bond donors (Lipinski definition) is 2. The SMILES string of the molecule is O=C(Nc1scc(-c2ccco2)c1C(=O)O)OCC1c2ccccc2-c2ccccc21. The van der Waals surface area contributed by atoms with Gasteiger partial charge in [-0.2, -0.15) is 0 Å². The quantitative estimate of drug-likeness (QED) is 0.400. The first-order chi connectivity index (χ1) is 15.1. The molecule has 0 fully saturated rings. The minimum atomic E-state index is -1.15. The first-order valence-corrected chi connectivity index (χ1v) is 10.5. The van der Waals surface area contributed by atoms with Gasteiger partial charge in [0.15, 0.2) is 0 Å². The molecule has 1 aliphatic rings. The van der Waals surface area contributed by atoms with Crippen LogP contribution in [0.25, 0.3) is 22.5 Å². The second-order valence-corrected chi connectivity index (χ2v) is 7.97. The molecule has 5 rings (SSSR count). The number of aromatic carboxylic acids is 1. The number of thiophene rings is 1. The number of carbonyl (C=O) groups excluding carboxylic acids is 1. The first-order valence-electron chi connectivity index (χ1n) is 9.64. The molecule has 1 aliphatic carbocycles. The van der Waals surface area contributed by atoms with Gasteiger partial charge in [0.25, 0.3) is 0 Å². The molecule has 2 heterocycles. The molecule has 0 saturated heterocycles. The van der Waals surface area contributed by atoms with Crippen LogP contribution < -0.4 is 5.32 Å². The minimum absolute atomic E-state index is 0.0199. The van der Waals surface area contributed by atoms with E-state index in [4.69, 9.17) is 9.15 Å². The Labute approximate surface area is 181 Å². The zero-order valence-electron chi connectivity index (χ0n) is 16.2. The molecular formula is C24H17NO5S. The maximum Gasteiger partial charge on any atom is 0.412 e. The molecule has 2 aromatic heterocycles. The number of furan rings is 1. The first kappa shape index (κ1) is 19.1. The molecule has 0 bridgehead atoms. The van der Waals surface area contributed by atoms with Crippen LogP contribution in [0.4, 0.5) is 9.80 Å². The smallest absolute Gasteiger partial charge is 0.412 e. The molecule has 0 saturated carbocycles. The lowest BCUT2D eigenvalue weighted by molar-refractivity contribution is 0.0699. The highest BCUT2D eigenvalue weighted by molar-refractivity contribution is 7.15. The van der Waals surface area contributed by atoms with E-state index >= 15 is 0 Å². The minimum Gasteiger partial charge on any atom is -0.478 e. The molecule has 4 aromatic rings. The number of ether oxygens (including phenoxy) is 1. The Morgan fingerprint density at radius 1 is 0.968 bits per heavy atom. The fourth-order valence-electron chi connectivity index (χ4n) is 4.00. The maximum absolute atomic E-state index is 12.5. The summed E-state index contributed by atoms with van der Waals surface area (Å²) in [5, 5.41) is 14.1. The van der Waals surface area contributed by atoms with Crippen molar-refractivity contribution in [3.8, 4) is 22.5 Å². The maximum atomic E-state index is 12.5. The number of hydrogen-bond acceptors (Lipinski definition) is 5. The highest BCUT2D eigenvalue weighted by Crippen LogP contribution is 2.44. The van der Waals surface area contributed by atoms with Crippen LogP contribution in [0.2, 0.25) is 0 Å². The average Bonchev–Trinajstić information content (AvgIpc) is 3.50. The molecule has 31 heavy (non-hydrogen) atoms. The second kappa shape index (κ2) is 7.77. The summed E-state index contributed by atoms with van der Waals surface area (Å²) in [4.78, 5) is 24.3. The third kappa shape index (κ3) is 3.39. The van der Waals surface area contributed by atoms with E-state index in [1.807, 2.05) is 36.4 Å². The highest BCUT2D eigenvalue weighted by atomic mass is 32.1. The van der Waals surface area contributed by atoms with Crippen LogP contribution >= 0.6 is 11.3 Å². The number of carboxylic acid groups (broad SMARTS) is 1. The predicted octanol–water partition coefficient (Wildman–Crippen LogP) is 6.07. The molecule has 0 spiro atoms. The van der Waals surface area contributed by atoms with E-state index in [-0.39, 0.29) is 23.1 Å². The van der Waals surface area contributed by atoms with Gasteiger partial charge in [0.1, 0.15) is 22.9 Å². The van der Waals surface area contributed by atoms with Crippen molar-refractivity contribution in [1.29, 1.82) is 0 Å². The third-order valence-electron chi connectivity index (χ3n) is 5.35. The number of anilines is 1. The van der Waals surface area contributed by atoms with E-state index in [0.29, 0.717) is 11.3 Å². The van der Waals surface area contributed by atoms with Crippen LogP contribution in [0.3, 0.4) is 0 Å². The van der Waals surface area contributed by atoms with E-state index < -0.39 is 12.1 Å². The monoisotopic (exact) mass is 431 g/mol. The Balaban J connectivity index is 1.34. The van der Waals surface area contributed by atoms with Crippen LogP contribution in [0, 0.1) is 0 Å². The number of nitrogens with one attached hydrogen (secondary N) is 1. The summed E-state index contributed by atoms with van der Waals surface area (Å²) in [5.74, 6) is -0.796. The molecule has 2 N–H and O–H groups in total. The van der Waals surface area contributed by atoms with E-state index in [0.717, 1.165) is 33.6 Å². The summed E-state index contributed by atoms with van der Waals surface area (Å²) in [5.41, 5.74) is 4.89. The lowest BCUT2D eigenvalue weighted by Gasteiger charge is -2.14. The molecular weight excluding hydrogens is 414 g/mol. The molecule has 0 atom stereocenters. The van der Waals surface area contributed by atoms with E-state index in [2.05, 4.69) is 17.4 Å². The fourth-order valence-corrected chi connectivity index (χ4v) is 4.93. The van der Waals surface area contributed by atoms with E-state index in [9.17, 15) is 14.7 Å². The van der Waals surface area contributed by atoms with Gasteiger partial charge >= 0.3 is 12.1 Å². The molecule has 6 nitrogen and oxygen atoms in total. The van der Waals surface area contributed by atoms with Crippen LogP contribution in [-0.4, -0.2) is 23.8 Å². The van der Waals surface area contributed by atoms with Crippen molar-refractivity contribution in [1.82, 2.24) is 0 Å². The standard InChI is InChI=1S/C24H17NO5S/c26-23(27)21-19(20-10-5-11-29-20)13-31-22(21)25-24(28)30-12-18-16-8-3-1-6-14(16)15-7-2-4-9-17(15)18/h1-11,13,18H,12H2,(H,25,28)(H,26,27). The van der Waals surface area contributed by atoms with Crippen LogP contribution in [0.15, 0.2) is 76.7 Å². The van der Waals surface area contributed by atoms with Gasteiger partial charge in [-0.1, -0.05) is 48.5 Å². The Hall–Kier alpha value is -3.84. The average molecular weight is 431 g/mol. The van der Waals surface area contributed by atoms with Crippen molar-refractivity contribution >= 4 is 28.4 Å². The summed E-state index contributed by atoms with van der Waals surface area (Å²) in [7, 11) is 0. The summed E-state index contributed by atoms with van der Waals surface area (Å²) < 4.78 is 10.8. The number of carbonyl (C=O) groups is 2. The van der Waals surface area contributed by atoms with Gasteiger partial charge in [-0.05, 0) is 34.4 Å². The van der Waals surface area contributed by atoms with Crippen molar-refractivity contribution in [2.45, 2.75) is 5.92 Å². The van der Waals surface area contributed by atoms with Crippen LogP contribution in [-0.2, 0) is 4.74 Å². The van der Waals surface area contributed by atoms with Crippen LogP contribution in [0.5, 0.6) is 0 Å². The third-order valence-corrected chi connectivity index (χ3v) is 6.25. The van der Waals surface area contributed by atoms with Gasteiger partial charge in [0.2, 0.25) is 0 Å². The van der Waals surface area contributed by atoms with Gasteiger partial charge in [-0.15, -0.1) is 11.3 Å². The molecule has 0 unspecified atom stereocenters. The lowest BCUT2D eigenvalue weighted by Crippen LogP contribution is -2.18. The summed E-state index contributed by atoms with van der Waals surface area (Å²) in [6.07, 6.45) is 0.772. The zero-order chi connectivity index (χ0) is 21.4. The fraction of sp³-hybridized carbons (Fsp3) is 0.0833. The molecule has 0 radical (unpaired) electrons. The molecule has 7 heteroatoms.